The Labute approximate surface area is 121 Å². The molecule has 0 aromatic heterocycles. The smallest absolute Gasteiger partial charge is 0.237 e. The van der Waals surface area contributed by atoms with Crippen LogP contribution in [0.2, 0.25) is 0 Å². The Morgan fingerprint density at radius 1 is 1.42 bits per heavy atom. The molecule has 0 heterocycles. The van der Waals surface area contributed by atoms with Crippen LogP contribution < -0.4 is 11.1 Å². The van der Waals surface area contributed by atoms with E-state index in [1.807, 2.05) is 30.3 Å². The summed E-state index contributed by atoms with van der Waals surface area (Å²) in [5, 5.41) is 2.96. The number of nitrogens with one attached hydrogen (secondary N) is 1. The van der Waals surface area contributed by atoms with Crippen LogP contribution in [-0.2, 0) is 11.2 Å². The van der Waals surface area contributed by atoms with Crippen LogP contribution in [0.25, 0.3) is 0 Å². The quantitative estimate of drug-likeness (QED) is 0.869. The first-order valence-corrected chi connectivity index (χ1v) is 6.56. The Bertz CT molecular complexity index is 419. The number of carbonyl (C=O) groups excluding carboxylic acids is 1. The van der Waals surface area contributed by atoms with Crippen molar-refractivity contribution in [1.82, 2.24) is 5.32 Å². The summed E-state index contributed by atoms with van der Waals surface area (Å²) in [6.45, 7) is 5.22. The van der Waals surface area contributed by atoms with Crippen LogP contribution in [0.1, 0.15) is 25.8 Å². The minimum Gasteiger partial charge on any atom is -0.354 e. The van der Waals surface area contributed by atoms with Gasteiger partial charge in [0.2, 0.25) is 5.91 Å². The molecule has 0 bridgehead atoms. The Balaban J connectivity index is 0.00000180. The van der Waals surface area contributed by atoms with Gasteiger partial charge in [-0.25, -0.2) is 0 Å². The van der Waals surface area contributed by atoms with Gasteiger partial charge in [-0.3, -0.25) is 4.79 Å². The third-order valence-corrected chi connectivity index (χ3v) is 3.88. The van der Waals surface area contributed by atoms with Crippen molar-refractivity contribution in [1.29, 1.82) is 0 Å². The Kier molecular flexibility index (Phi) is 5.39. The largest absolute Gasteiger partial charge is 0.354 e. The summed E-state index contributed by atoms with van der Waals surface area (Å²) in [4.78, 5) is 11.9. The van der Waals surface area contributed by atoms with Gasteiger partial charge in [-0.1, -0.05) is 44.2 Å². The van der Waals surface area contributed by atoms with Crippen molar-refractivity contribution in [2.24, 2.45) is 17.1 Å². The van der Waals surface area contributed by atoms with Gasteiger partial charge in [-0.15, -0.1) is 12.4 Å². The second kappa shape index (κ2) is 6.40. The van der Waals surface area contributed by atoms with Gasteiger partial charge in [0.25, 0.3) is 0 Å². The molecule has 1 aromatic rings. The number of carbonyl (C=O) groups is 1. The molecule has 1 amide bonds. The first-order valence-electron chi connectivity index (χ1n) is 6.56. The average molecular weight is 283 g/mol. The number of nitrogens with two attached hydrogens (primary N) is 1. The summed E-state index contributed by atoms with van der Waals surface area (Å²) in [7, 11) is 0. The highest BCUT2D eigenvalue weighted by Gasteiger charge is 2.45. The first kappa shape index (κ1) is 16.0. The topological polar surface area (TPSA) is 55.1 Å². The van der Waals surface area contributed by atoms with E-state index in [2.05, 4.69) is 19.2 Å². The molecular weight excluding hydrogens is 260 g/mol. The second-order valence-electron chi connectivity index (χ2n) is 5.93. The van der Waals surface area contributed by atoms with Crippen molar-refractivity contribution in [3.63, 3.8) is 0 Å². The third kappa shape index (κ3) is 4.51. The normalized spacial score (nSPS) is 21.1. The standard InChI is InChI=1S/C15H22N2O.ClH/c1-15(2)9-12(15)10-17-14(18)13(16)8-11-6-4-3-5-7-11;/h3-7,12-13H,8-10,16H2,1-2H3,(H,17,18);1H. The maximum absolute atomic E-state index is 11.9. The van der Waals surface area contributed by atoms with Crippen molar-refractivity contribution in [3.05, 3.63) is 35.9 Å². The van der Waals surface area contributed by atoms with Gasteiger partial charge in [-0.05, 0) is 29.7 Å². The minimum absolute atomic E-state index is 0. The van der Waals surface area contributed by atoms with Gasteiger partial charge in [0, 0.05) is 6.54 Å². The van der Waals surface area contributed by atoms with Crippen LogP contribution >= 0.6 is 12.4 Å². The van der Waals surface area contributed by atoms with Crippen molar-refractivity contribution >= 4 is 18.3 Å². The molecule has 1 saturated carbocycles. The molecule has 3 nitrogen and oxygen atoms in total. The fraction of sp³-hybridized carbons (Fsp3) is 0.533. The lowest BCUT2D eigenvalue weighted by Crippen LogP contribution is -2.42. The van der Waals surface area contributed by atoms with Crippen LogP contribution in [0.5, 0.6) is 0 Å². The molecule has 0 aliphatic heterocycles. The molecule has 0 spiro atoms. The van der Waals surface area contributed by atoms with Gasteiger partial charge in [-0.2, -0.15) is 0 Å². The van der Waals surface area contributed by atoms with Crippen molar-refractivity contribution in [2.45, 2.75) is 32.7 Å². The van der Waals surface area contributed by atoms with E-state index in [1.165, 1.54) is 6.42 Å². The molecule has 19 heavy (non-hydrogen) atoms. The van der Waals surface area contributed by atoms with E-state index >= 15 is 0 Å². The summed E-state index contributed by atoms with van der Waals surface area (Å²) >= 11 is 0. The lowest BCUT2D eigenvalue weighted by molar-refractivity contribution is -0.122. The minimum atomic E-state index is -0.450. The predicted octanol–water partition coefficient (Wildman–Crippen LogP) is 2.14. The predicted molar refractivity (Wildman–Crippen MR) is 80.3 cm³/mol. The Morgan fingerprint density at radius 2 is 2.00 bits per heavy atom. The Morgan fingerprint density at radius 3 is 2.53 bits per heavy atom. The van der Waals surface area contributed by atoms with Crippen LogP contribution in [-0.4, -0.2) is 18.5 Å². The van der Waals surface area contributed by atoms with Gasteiger partial charge < -0.3 is 11.1 Å². The van der Waals surface area contributed by atoms with Gasteiger partial charge in [0.15, 0.2) is 0 Å². The summed E-state index contributed by atoms with van der Waals surface area (Å²) in [5.41, 5.74) is 7.41. The summed E-state index contributed by atoms with van der Waals surface area (Å²) in [5.74, 6) is 0.576. The number of halogens is 1. The number of rotatable bonds is 5. The molecule has 1 aliphatic rings. The molecule has 1 fully saturated rings. The number of hydrogen-bond acceptors (Lipinski definition) is 2. The molecule has 2 atom stereocenters. The number of amides is 1. The second-order valence-corrected chi connectivity index (χ2v) is 5.93. The van der Waals surface area contributed by atoms with E-state index in [4.69, 9.17) is 5.73 Å². The Hall–Kier alpha value is -1.06. The van der Waals surface area contributed by atoms with Crippen LogP contribution in [0.4, 0.5) is 0 Å². The molecular formula is C15H23ClN2O. The third-order valence-electron chi connectivity index (χ3n) is 3.88. The zero-order chi connectivity index (χ0) is 13.2. The van der Waals surface area contributed by atoms with Gasteiger partial charge in [0.05, 0.1) is 6.04 Å². The lowest BCUT2D eigenvalue weighted by atomic mass is 10.1. The molecule has 1 aromatic carbocycles. The molecule has 1 aliphatic carbocycles. The lowest BCUT2D eigenvalue weighted by Gasteiger charge is -2.12. The van der Waals surface area contributed by atoms with E-state index in [0.29, 0.717) is 17.8 Å². The van der Waals surface area contributed by atoms with Gasteiger partial charge in [0.1, 0.15) is 0 Å². The molecule has 2 unspecified atom stereocenters. The fourth-order valence-electron chi connectivity index (χ4n) is 2.24. The highest BCUT2D eigenvalue weighted by molar-refractivity contribution is 5.85. The first-order chi connectivity index (χ1) is 8.49. The molecule has 2 rings (SSSR count). The summed E-state index contributed by atoms with van der Waals surface area (Å²) in [6.07, 6.45) is 1.79. The maximum atomic E-state index is 11.9. The molecule has 4 heteroatoms. The van der Waals surface area contributed by atoms with E-state index < -0.39 is 6.04 Å². The van der Waals surface area contributed by atoms with Crippen molar-refractivity contribution in [2.75, 3.05) is 6.54 Å². The van der Waals surface area contributed by atoms with Crippen LogP contribution in [0.15, 0.2) is 30.3 Å². The molecule has 0 radical (unpaired) electrons. The van der Waals surface area contributed by atoms with E-state index in [9.17, 15) is 4.79 Å². The highest BCUT2D eigenvalue weighted by atomic mass is 35.5. The molecule has 106 valence electrons. The monoisotopic (exact) mass is 282 g/mol. The van der Waals surface area contributed by atoms with E-state index in [0.717, 1.165) is 12.1 Å². The number of hydrogen-bond donors (Lipinski definition) is 2. The van der Waals surface area contributed by atoms with E-state index in [1.54, 1.807) is 0 Å². The zero-order valence-electron chi connectivity index (χ0n) is 11.6. The zero-order valence-corrected chi connectivity index (χ0v) is 12.4. The summed E-state index contributed by atoms with van der Waals surface area (Å²) in [6, 6.07) is 9.44. The fourth-order valence-corrected chi connectivity index (χ4v) is 2.24. The summed E-state index contributed by atoms with van der Waals surface area (Å²) < 4.78 is 0. The van der Waals surface area contributed by atoms with E-state index in [-0.39, 0.29) is 18.3 Å². The average Bonchev–Trinajstić information content (AvgIpc) is 2.95. The number of benzene rings is 1. The van der Waals surface area contributed by atoms with Crippen LogP contribution in [0, 0.1) is 11.3 Å². The SMILES string of the molecule is CC1(C)CC1CNC(=O)C(N)Cc1ccccc1.Cl. The van der Waals surface area contributed by atoms with Crippen molar-refractivity contribution in [3.8, 4) is 0 Å². The van der Waals surface area contributed by atoms with Gasteiger partial charge >= 0.3 is 0 Å². The highest BCUT2D eigenvalue weighted by Crippen LogP contribution is 2.50. The molecule has 3 N–H and O–H groups in total. The maximum Gasteiger partial charge on any atom is 0.237 e. The van der Waals surface area contributed by atoms with Crippen molar-refractivity contribution < 1.29 is 4.79 Å². The van der Waals surface area contributed by atoms with Crippen LogP contribution in [0.3, 0.4) is 0 Å². The molecule has 0 saturated heterocycles.